The van der Waals surface area contributed by atoms with Crippen molar-refractivity contribution in [1.82, 2.24) is 0 Å². The monoisotopic (exact) mass is 1330 g/mol. The van der Waals surface area contributed by atoms with Crippen molar-refractivity contribution in [2.24, 2.45) is 10.8 Å². The van der Waals surface area contributed by atoms with E-state index < -0.39 is 109 Å². The summed E-state index contributed by atoms with van der Waals surface area (Å²) in [6, 6.07) is 32.5. The molecule has 25 heteroatoms. The maximum atomic E-state index is 12.9. The first-order valence-electron chi connectivity index (χ1n) is 24.0. The number of hydrogen-bond acceptors (Lipinski definition) is 2. The van der Waals surface area contributed by atoms with E-state index in [1.165, 1.54) is 82.5 Å². The summed E-state index contributed by atoms with van der Waals surface area (Å²) in [5.41, 5.74) is -5.32. The van der Waals surface area contributed by atoms with Crippen molar-refractivity contribution in [2.75, 3.05) is 0 Å². The SMILES string of the molecule is CC(C)(C)C(=O)O.CC(C)(C)C(=O)O.Cc1cc[c]([Rh])cc1.FC(F)(F)c1ccc(P(c2ccc(C(F)(F)F)cc2)c2ccc(C(F)(F)F)cc2)cc1.FC(F)(F)c1ccc(P(c2ccc(C(F)(F)F)cc2)c2ccc(C(F)(F)F)cc2)cc1. The predicted octanol–water partition coefficient (Wildman–Crippen LogP) is 16.4. The van der Waals surface area contributed by atoms with Gasteiger partial charge >= 0.3 is 108 Å². The van der Waals surface area contributed by atoms with Gasteiger partial charge in [-0.2, -0.15) is 79.0 Å². The van der Waals surface area contributed by atoms with Crippen LogP contribution in [0.4, 0.5) is 79.0 Å². The molecule has 0 aliphatic carbocycles. The molecule has 0 heterocycles. The van der Waals surface area contributed by atoms with Gasteiger partial charge in [0.15, 0.2) is 0 Å². The third kappa shape index (κ3) is 22.9. The van der Waals surface area contributed by atoms with Crippen LogP contribution in [0.25, 0.3) is 0 Å². The predicted molar refractivity (Wildman–Crippen MR) is 285 cm³/mol. The fraction of sp³-hybridized carbons (Fsp3) is 0.254. The minimum Gasteiger partial charge on any atom is -0.166 e. The number of carboxylic acid groups (broad SMARTS) is 2. The second-order valence-corrected chi connectivity index (χ2v) is 25.2. The Hall–Kier alpha value is -6.30. The third-order valence-corrected chi connectivity index (χ3v) is 16.4. The van der Waals surface area contributed by atoms with Crippen molar-refractivity contribution in [3.8, 4) is 0 Å². The Labute approximate surface area is 484 Å². The van der Waals surface area contributed by atoms with Crippen LogP contribution in [-0.4, -0.2) is 22.2 Å². The molecular weight excluding hydrogens is 1280 g/mol. The largest absolute Gasteiger partial charge is 0.416 e. The van der Waals surface area contributed by atoms with Crippen LogP contribution in [0, 0.1) is 17.8 Å². The number of benzene rings is 7. The molecule has 7 rings (SSSR count). The summed E-state index contributed by atoms with van der Waals surface area (Å²) >= 11 is 2.83. The van der Waals surface area contributed by atoms with E-state index in [2.05, 4.69) is 49.5 Å². The van der Waals surface area contributed by atoms with Crippen LogP contribution in [0.3, 0.4) is 0 Å². The Bertz CT molecular complexity index is 2690. The molecule has 0 atom stereocenters. The molecule has 456 valence electrons. The number of alkyl halides is 18. The molecule has 7 aromatic rings. The van der Waals surface area contributed by atoms with E-state index in [9.17, 15) is 88.6 Å². The molecule has 0 fully saturated rings. The minimum absolute atomic E-state index is 0.350. The van der Waals surface area contributed by atoms with E-state index in [0.29, 0.717) is 31.8 Å². The zero-order valence-electron chi connectivity index (χ0n) is 44.9. The van der Waals surface area contributed by atoms with Crippen LogP contribution < -0.4 is 36.0 Å². The van der Waals surface area contributed by atoms with Gasteiger partial charge in [-0.25, -0.2) is 0 Å². The van der Waals surface area contributed by atoms with E-state index in [1.54, 1.807) is 41.5 Å². The maximum absolute atomic E-state index is 12.9. The van der Waals surface area contributed by atoms with Gasteiger partial charge in [-0.1, -0.05) is 72.8 Å². The Balaban J connectivity index is 0.000000324. The van der Waals surface area contributed by atoms with E-state index in [0.717, 1.165) is 72.8 Å². The Morgan fingerprint density at radius 3 is 0.524 bits per heavy atom. The second-order valence-electron chi connectivity index (χ2n) is 19.8. The van der Waals surface area contributed by atoms with Crippen molar-refractivity contribution in [3.05, 3.63) is 209 Å². The van der Waals surface area contributed by atoms with Gasteiger partial charge in [0.05, 0.1) is 44.2 Å². The van der Waals surface area contributed by atoms with Gasteiger partial charge in [0, 0.05) is 0 Å². The molecule has 4 nitrogen and oxygen atoms in total. The molecule has 7 aromatic carbocycles. The summed E-state index contributed by atoms with van der Waals surface area (Å²) in [5, 5.41) is 18.6. The fourth-order valence-corrected chi connectivity index (χ4v) is 11.0. The first-order valence-corrected chi connectivity index (χ1v) is 27.5. The molecule has 0 aliphatic rings. The van der Waals surface area contributed by atoms with Gasteiger partial charge in [0.1, 0.15) is 0 Å². The normalized spacial score (nSPS) is 12.3. The molecule has 0 saturated heterocycles. The number of carboxylic acids is 2. The average Bonchev–Trinajstić information content (AvgIpc) is 2.07. The van der Waals surface area contributed by atoms with E-state index in [-0.39, 0.29) is 0 Å². The number of halogens is 18. The van der Waals surface area contributed by atoms with Crippen LogP contribution in [0.2, 0.25) is 0 Å². The average molecular weight is 1330 g/mol. The van der Waals surface area contributed by atoms with Gasteiger partial charge < -0.3 is 10.2 Å². The van der Waals surface area contributed by atoms with Crippen molar-refractivity contribution in [3.63, 3.8) is 0 Å². The number of carbonyl (C=O) groups is 2. The summed E-state index contributed by atoms with van der Waals surface area (Å²) in [6.07, 6.45) is -27.5. The van der Waals surface area contributed by atoms with Gasteiger partial charge in [-0.15, -0.1) is 0 Å². The van der Waals surface area contributed by atoms with Crippen molar-refractivity contribution < 1.29 is 117 Å². The molecule has 2 N–H and O–H groups in total. The minimum atomic E-state index is -4.58. The van der Waals surface area contributed by atoms with Gasteiger partial charge in [-0.3, -0.25) is 9.59 Å². The fourth-order valence-electron chi connectivity index (χ4n) is 6.22. The number of aryl methyl sites for hydroxylation is 1. The van der Waals surface area contributed by atoms with Crippen LogP contribution in [0.15, 0.2) is 170 Å². The second kappa shape index (κ2) is 28.7. The van der Waals surface area contributed by atoms with Crippen LogP contribution in [0.1, 0.15) is 80.5 Å². The zero-order chi connectivity index (χ0) is 64.2. The molecule has 0 amide bonds. The smallest absolute Gasteiger partial charge is 0.166 e. The summed E-state index contributed by atoms with van der Waals surface area (Å²) in [7, 11) is -3.39. The topological polar surface area (TPSA) is 74.6 Å². The standard InChI is InChI=1S/2C21H12F9P.C7H7.2C5H10O2.Rh/c2*22-19(23,24)13-1-7-16(8-2-13)31(17-9-3-14(4-10-17)20(25,26)27)18-11-5-15(6-12-18)21(28,29)30;1-7-5-3-2-4-6-7;2*1-5(2,3)4(6)7;/h2*1-12H;3-6H,1H3;2*1-3H3,(H,6,7);. The van der Waals surface area contributed by atoms with Crippen LogP contribution in [-0.2, 0) is 64.9 Å². The number of hydrogen-bond donors (Lipinski definition) is 2. The molecule has 0 aliphatic heterocycles. The Kier molecular flexibility index (Phi) is 24.6. The first kappa shape index (κ1) is 72.0. The number of aliphatic carboxylic acids is 2. The molecule has 0 radical (unpaired) electrons. The quantitative estimate of drug-likeness (QED) is 0.0988. The van der Waals surface area contributed by atoms with Crippen LogP contribution in [0.5, 0.6) is 0 Å². The summed E-state index contributed by atoms with van der Waals surface area (Å²) < 4.78 is 233. The summed E-state index contributed by atoms with van der Waals surface area (Å²) in [4.78, 5) is 20.0. The maximum Gasteiger partial charge on any atom is 0.416 e. The molecule has 0 aromatic heterocycles. The van der Waals surface area contributed by atoms with Gasteiger partial charge in [-0.05, 0) is 162 Å². The molecule has 0 spiro atoms. The van der Waals surface area contributed by atoms with Crippen molar-refractivity contribution in [1.29, 1.82) is 0 Å². The van der Waals surface area contributed by atoms with Crippen molar-refractivity contribution in [2.45, 2.75) is 85.5 Å². The van der Waals surface area contributed by atoms with Crippen molar-refractivity contribution >= 4 is 63.8 Å². The van der Waals surface area contributed by atoms with E-state index in [1.807, 2.05) is 0 Å². The molecule has 0 bridgehead atoms. The first-order chi connectivity index (χ1) is 38.2. The summed E-state index contributed by atoms with van der Waals surface area (Å²) in [5.74, 6) is -1.51. The molecule has 0 unspecified atom stereocenters. The van der Waals surface area contributed by atoms with Gasteiger partial charge in [0.2, 0.25) is 0 Å². The van der Waals surface area contributed by atoms with E-state index in [4.69, 9.17) is 10.2 Å². The number of rotatable bonds is 6. The van der Waals surface area contributed by atoms with E-state index >= 15 is 0 Å². The Morgan fingerprint density at radius 2 is 0.429 bits per heavy atom. The third-order valence-electron chi connectivity index (χ3n) is 11.0. The molecule has 84 heavy (non-hydrogen) atoms. The Morgan fingerprint density at radius 1 is 0.298 bits per heavy atom. The van der Waals surface area contributed by atoms with Gasteiger partial charge in [0.25, 0.3) is 0 Å². The van der Waals surface area contributed by atoms with Crippen LogP contribution >= 0.6 is 15.8 Å². The zero-order valence-corrected chi connectivity index (χ0v) is 48.3. The molecule has 0 saturated carbocycles. The molecular formula is C59H51F18O4P2Rh. The summed E-state index contributed by atoms with van der Waals surface area (Å²) in [6.45, 7) is 12.1.